The van der Waals surface area contributed by atoms with Crippen LogP contribution in [0.25, 0.3) is 16.3 Å². The van der Waals surface area contributed by atoms with E-state index in [0.29, 0.717) is 9.90 Å². The maximum absolute atomic E-state index is 11.4. The first-order chi connectivity index (χ1) is 10.6. The minimum atomic E-state index is -1.04. The average molecular weight is 328 g/mol. The highest BCUT2D eigenvalue weighted by Gasteiger charge is 2.13. The number of rotatable bonds is 4. The number of benzene rings is 2. The van der Waals surface area contributed by atoms with Gasteiger partial charge in [-0.1, -0.05) is 48.2 Å². The number of fused-ring (bicyclic) bond motifs is 1. The predicted molar refractivity (Wildman–Crippen MR) is 87.0 cm³/mol. The molecule has 1 N–H and O–H groups in total. The van der Waals surface area contributed by atoms with Gasteiger partial charge in [0.25, 0.3) is 0 Å². The van der Waals surface area contributed by atoms with Crippen LogP contribution in [0.1, 0.15) is 5.56 Å². The summed E-state index contributed by atoms with van der Waals surface area (Å²) in [5.74, 6) is -1.19. The molecule has 0 amide bonds. The number of thiazole rings is 1. The van der Waals surface area contributed by atoms with E-state index in [0.717, 1.165) is 22.0 Å². The number of carbonyl (C=O) groups is 1. The Morgan fingerprint density at radius 1 is 1.23 bits per heavy atom. The van der Waals surface area contributed by atoms with Crippen molar-refractivity contribution < 1.29 is 15.0 Å². The summed E-state index contributed by atoms with van der Waals surface area (Å²) in [6.07, 6.45) is 1.49. The quantitative estimate of drug-likeness (QED) is 0.585. The van der Waals surface area contributed by atoms with Crippen molar-refractivity contribution in [3.8, 4) is 5.75 Å². The molecule has 1 aromatic heterocycles. The maximum Gasteiger partial charge on any atom is 0.342 e. The molecule has 110 valence electrons. The first-order valence-electron chi connectivity index (χ1n) is 6.37. The van der Waals surface area contributed by atoms with Crippen LogP contribution in [-0.4, -0.2) is 16.1 Å². The van der Waals surface area contributed by atoms with E-state index in [-0.39, 0.29) is 10.7 Å². The fraction of sp³-hybridized carbons (Fsp3) is 0. The summed E-state index contributed by atoms with van der Waals surface area (Å²) >= 11 is 2.53. The molecular formula is C16H10NO3S2-. The second kappa shape index (κ2) is 6.21. The monoisotopic (exact) mass is 328 g/mol. The van der Waals surface area contributed by atoms with E-state index in [1.807, 2.05) is 24.3 Å². The largest absolute Gasteiger partial charge is 0.872 e. The number of aliphatic carboxylic acids is 1. The number of thioether (sulfide) groups is 1. The maximum atomic E-state index is 11.4. The average Bonchev–Trinajstić information content (AvgIpc) is 2.89. The zero-order chi connectivity index (χ0) is 15.5. The van der Waals surface area contributed by atoms with E-state index in [1.165, 1.54) is 29.5 Å². The molecule has 0 saturated carbocycles. The molecule has 3 aromatic rings. The molecular weight excluding hydrogens is 318 g/mol. The number of carboxylic acid groups (broad SMARTS) is 1. The van der Waals surface area contributed by atoms with Crippen molar-refractivity contribution in [1.29, 1.82) is 0 Å². The molecule has 0 aliphatic heterocycles. The third kappa shape index (κ3) is 3.29. The fourth-order valence-corrected chi connectivity index (χ4v) is 3.90. The number of aromatic nitrogens is 1. The highest BCUT2D eigenvalue weighted by molar-refractivity contribution is 8.05. The zero-order valence-corrected chi connectivity index (χ0v) is 12.9. The van der Waals surface area contributed by atoms with E-state index in [9.17, 15) is 15.0 Å². The van der Waals surface area contributed by atoms with Gasteiger partial charge in [-0.3, -0.25) is 0 Å². The summed E-state index contributed by atoms with van der Waals surface area (Å²) in [7, 11) is 0. The van der Waals surface area contributed by atoms with Crippen LogP contribution < -0.4 is 5.11 Å². The lowest BCUT2D eigenvalue weighted by atomic mass is 10.2. The molecule has 0 aliphatic carbocycles. The van der Waals surface area contributed by atoms with Gasteiger partial charge in [0.1, 0.15) is 4.91 Å². The van der Waals surface area contributed by atoms with E-state index >= 15 is 0 Å². The molecule has 6 heteroatoms. The van der Waals surface area contributed by atoms with Gasteiger partial charge in [-0.25, -0.2) is 9.78 Å². The number of nitrogens with zero attached hydrogens (tertiary/aromatic N) is 1. The Balaban J connectivity index is 1.93. The number of hydrogen-bond acceptors (Lipinski definition) is 5. The Kier molecular flexibility index (Phi) is 4.13. The van der Waals surface area contributed by atoms with Crippen molar-refractivity contribution >= 4 is 45.4 Å². The van der Waals surface area contributed by atoms with Crippen LogP contribution in [0.2, 0.25) is 0 Å². The van der Waals surface area contributed by atoms with Crippen LogP contribution in [0.3, 0.4) is 0 Å². The van der Waals surface area contributed by atoms with E-state index < -0.39 is 5.97 Å². The second-order valence-corrected chi connectivity index (χ2v) is 6.76. The lowest BCUT2D eigenvalue weighted by Crippen LogP contribution is -1.97. The molecule has 0 atom stereocenters. The van der Waals surface area contributed by atoms with Gasteiger partial charge in [0.15, 0.2) is 4.34 Å². The lowest BCUT2D eigenvalue weighted by Gasteiger charge is -2.05. The molecule has 1 heterocycles. The predicted octanol–water partition coefficient (Wildman–Crippen LogP) is 3.59. The highest BCUT2D eigenvalue weighted by atomic mass is 32.2. The smallest absolute Gasteiger partial charge is 0.342 e. The summed E-state index contributed by atoms with van der Waals surface area (Å²) in [5, 5.41) is 20.7. The lowest BCUT2D eigenvalue weighted by molar-refractivity contribution is -0.268. The Hall–Kier alpha value is -2.31. The van der Waals surface area contributed by atoms with Gasteiger partial charge in [-0.05, 0) is 23.8 Å². The molecule has 0 spiro atoms. The number of para-hydroxylation sites is 1. The normalized spacial score (nSPS) is 11.7. The van der Waals surface area contributed by atoms with Gasteiger partial charge >= 0.3 is 5.97 Å². The number of hydrogen-bond donors (Lipinski definition) is 1. The zero-order valence-electron chi connectivity index (χ0n) is 11.2. The minimum absolute atomic E-state index is 0.129. The van der Waals surface area contributed by atoms with Crippen molar-refractivity contribution in [2.45, 2.75) is 4.34 Å². The van der Waals surface area contributed by atoms with Gasteiger partial charge in [-0.15, -0.1) is 17.1 Å². The molecule has 2 aromatic carbocycles. The van der Waals surface area contributed by atoms with Gasteiger partial charge in [0, 0.05) is 0 Å². The molecule has 0 bridgehead atoms. The van der Waals surface area contributed by atoms with E-state index in [1.54, 1.807) is 12.1 Å². The van der Waals surface area contributed by atoms with Crippen LogP contribution in [0, 0.1) is 0 Å². The summed E-state index contributed by atoms with van der Waals surface area (Å²) in [4.78, 5) is 16.0. The van der Waals surface area contributed by atoms with Crippen LogP contribution >= 0.6 is 23.1 Å². The second-order valence-electron chi connectivity index (χ2n) is 4.44. The topological polar surface area (TPSA) is 73.2 Å². The van der Waals surface area contributed by atoms with Gasteiger partial charge in [0.05, 0.1) is 10.2 Å². The van der Waals surface area contributed by atoms with Crippen LogP contribution in [-0.2, 0) is 4.79 Å². The Morgan fingerprint density at radius 2 is 2.05 bits per heavy atom. The molecule has 22 heavy (non-hydrogen) atoms. The first-order valence-corrected chi connectivity index (χ1v) is 8.00. The van der Waals surface area contributed by atoms with E-state index in [2.05, 4.69) is 4.98 Å². The van der Waals surface area contributed by atoms with Gasteiger partial charge in [-0.2, -0.15) is 0 Å². The van der Waals surface area contributed by atoms with Crippen molar-refractivity contribution in [2.24, 2.45) is 0 Å². The SMILES string of the molecule is O=C(O)/C(=C\c1cccc([O-])c1)Sc1nc2ccccc2s1. The summed E-state index contributed by atoms with van der Waals surface area (Å²) in [5.41, 5.74) is 1.42. The Labute approximate surface area is 134 Å². The van der Waals surface area contributed by atoms with Crippen LogP contribution in [0.4, 0.5) is 0 Å². The molecule has 3 rings (SSSR count). The Morgan fingerprint density at radius 3 is 2.77 bits per heavy atom. The molecule has 0 saturated heterocycles. The van der Waals surface area contributed by atoms with Crippen molar-refractivity contribution in [1.82, 2.24) is 4.98 Å². The molecule has 0 aliphatic rings. The molecule has 0 radical (unpaired) electrons. The van der Waals surface area contributed by atoms with Crippen molar-refractivity contribution in [3.05, 3.63) is 59.0 Å². The van der Waals surface area contributed by atoms with E-state index in [4.69, 9.17) is 0 Å². The first kappa shape index (κ1) is 14.6. The van der Waals surface area contributed by atoms with Crippen molar-refractivity contribution in [2.75, 3.05) is 0 Å². The third-order valence-electron chi connectivity index (χ3n) is 2.84. The minimum Gasteiger partial charge on any atom is -0.872 e. The third-order valence-corrected chi connectivity index (χ3v) is 4.95. The van der Waals surface area contributed by atoms with Gasteiger partial charge < -0.3 is 10.2 Å². The summed E-state index contributed by atoms with van der Waals surface area (Å²) in [6, 6.07) is 13.8. The number of carboxylic acids is 1. The summed E-state index contributed by atoms with van der Waals surface area (Å²) < 4.78 is 1.67. The molecule has 0 fully saturated rings. The summed E-state index contributed by atoms with van der Waals surface area (Å²) in [6.45, 7) is 0. The fourth-order valence-electron chi connectivity index (χ4n) is 1.88. The molecule has 0 unspecified atom stereocenters. The van der Waals surface area contributed by atoms with Crippen LogP contribution in [0.15, 0.2) is 57.8 Å². The standard InChI is InChI=1S/C16H11NO3S2/c18-11-5-3-4-10(8-11)9-14(15(19)20)22-16-17-12-6-1-2-7-13(12)21-16/h1-9,18H,(H,19,20)/p-1/b14-9+. The van der Waals surface area contributed by atoms with Crippen LogP contribution in [0.5, 0.6) is 5.75 Å². The molecule has 4 nitrogen and oxygen atoms in total. The van der Waals surface area contributed by atoms with Crippen molar-refractivity contribution in [3.63, 3.8) is 0 Å². The van der Waals surface area contributed by atoms with Gasteiger partial charge in [0.2, 0.25) is 0 Å². The highest BCUT2D eigenvalue weighted by Crippen LogP contribution is 2.34. The Bertz CT molecular complexity index is 837.